The maximum Gasteiger partial charge on any atom is 0.0648 e. The predicted octanol–water partition coefficient (Wildman–Crippen LogP) is 6.92. The van der Waals surface area contributed by atoms with Crippen molar-refractivity contribution in [3.63, 3.8) is 0 Å². The summed E-state index contributed by atoms with van der Waals surface area (Å²) in [5.74, 6) is 0. The Hall–Kier alpha value is -3.03. The lowest BCUT2D eigenvalue weighted by atomic mass is 9.95. The van der Waals surface area contributed by atoms with Crippen LogP contribution >= 0.6 is 11.6 Å². The summed E-state index contributed by atoms with van der Waals surface area (Å²) in [4.78, 5) is 0. The monoisotopic (exact) mass is 355 g/mol. The van der Waals surface area contributed by atoms with Crippen molar-refractivity contribution in [1.29, 1.82) is 0 Å². The van der Waals surface area contributed by atoms with Crippen LogP contribution in [0.2, 0.25) is 5.02 Å². The number of nitrogens with two attached hydrogens (primary N) is 1. The Morgan fingerprint density at radius 1 is 0.500 bits per heavy atom. The van der Waals surface area contributed by atoms with Crippen LogP contribution in [0.4, 0.5) is 5.69 Å². The second-order valence-electron chi connectivity index (χ2n) is 6.23. The van der Waals surface area contributed by atoms with Crippen molar-refractivity contribution in [3.8, 4) is 33.4 Å². The van der Waals surface area contributed by atoms with Crippen LogP contribution in [0, 0.1) is 0 Å². The zero-order chi connectivity index (χ0) is 17.9. The normalized spacial score (nSPS) is 10.7. The quantitative estimate of drug-likeness (QED) is 0.396. The molecule has 0 saturated heterocycles. The predicted molar refractivity (Wildman–Crippen MR) is 112 cm³/mol. The van der Waals surface area contributed by atoms with E-state index in [9.17, 15) is 0 Å². The van der Waals surface area contributed by atoms with Crippen molar-refractivity contribution in [2.75, 3.05) is 5.73 Å². The molecule has 0 aliphatic carbocycles. The van der Waals surface area contributed by atoms with E-state index in [1.807, 2.05) is 42.5 Å². The second kappa shape index (κ2) is 7.07. The lowest BCUT2D eigenvalue weighted by molar-refractivity contribution is 1.57. The molecule has 0 bridgehead atoms. The van der Waals surface area contributed by atoms with Gasteiger partial charge >= 0.3 is 0 Å². The van der Waals surface area contributed by atoms with Crippen LogP contribution in [0.25, 0.3) is 33.4 Å². The SMILES string of the molecule is Nc1c(Cl)cc(-c2ccccc2)cc1-c1cccc(-c2ccccc2)c1. The fourth-order valence-electron chi connectivity index (χ4n) is 3.15. The average Bonchev–Trinajstić information content (AvgIpc) is 2.71. The summed E-state index contributed by atoms with van der Waals surface area (Å²) < 4.78 is 0. The van der Waals surface area contributed by atoms with Crippen molar-refractivity contribution in [2.24, 2.45) is 0 Å². The number of hydrogen-bond acceptors (Lipinski definition) is 1. The summed E-state index contributed by atoms with van der Waals surface area (Å²) in [6.07, 6.45) is 0. The first kappa shape index (κ1) is 16.4. The van der Waals surface area contributed by atoms with E-state index in [1.54, 1.807) is 0 Å². The van der Waals surface area contributed by atoms with Crippen LogP contribution in [0.1, 0.15) is 0 Å². The van der Waals surface area contributed by atoms with Crippen LogP contribution in [-0.4, -0.2) is 0 Å². The second-order valence-corrected chi connectivity index (χ2v) is 6.64. The van der Waals surface area contributed by atoms with Gasteiger partial charge in [-0.3, -0.25) is 0 Å². The summed E-state index contributed by atoms with van der Waals surface area (Å²) in [5, 5.41) is 0.575. The number of anilines is 1. The fraction of sp³-hybridized carbons (Fsp3) is 0. The molecule has 2 heteroatoms. The van der Waals surface area contributed by atoms with Crippen molar-refractivity contribution < 1.29 is 0 Å². The summed E-state index contributed by atoms with van der Waals surface area (Å²) >= 11 is 6.45. The Labute approximate surface area is 158 Å². The van der Waals surface area contributed by atoms with Gasteiger partial charge in [0.2, 0.25) is 0 Å². The molecule has 0 aliphatic heterocycles. The van der Waals surface area contributed by atoms with Crippen molar-refractivity contribution >= 4 is 17.3 Å². The highest BCUT2D eigenvalue weighted by molar-refractivity contribution is 6.34. The Balaban J connectivity index is 1.85. The molecule has 4 aromatic rings. The maximum absolute atomic E-state index is 6.45. The Kier molecular flexibility index (Phi) is 4.47. The molecular weight excluding hydrogens is 338 g/mol. The number of hydrogen-bond donors (Lipinski definition) is 1. The van der Waals surface area contributed by atoms with Gasteiger partial charge in [0, 0.05) is 5.56 Å². The van der Waals surface area contributed by atoms with E-state index in [4.69, 9.17) is 17.3 Å². The van der Waals surface area contributed by atoms with Gasteiger partial charge in [-0.1, -0.05) is 90.5 Å². The highest BCUT2D eigenvalue weighted by atomic mass is 35.5. The maximum atomic E-state index is 6.45. The van der Waals surface area contributed by atoms with Gasteiger partial charge in [0.15, 0.2) is 0 Å². The fourth-order valence-corrected chi connectivity index (χ4v) is 3.37. The van der Waals surface area contributed by atoms with E-state index < -0.39 is 0 Å². The molecule has 0 unspecified atom stereocenters. The Morgan fingerprint density at radius 3 is 1.69 bits per heavy atom. The summed E-state index contributed by atoms with van der Waals surface area (Å²) in [5.41, 5.74) is 13.5. The molecule has 1 nitrogen and oxygen atoms in total. The Bertz CT molecular complexity index is 1040. The van der Waals surface area contributed by atoms with E-state index in [1.165, 1.54) is 5.56 Å². The smallest absolute Gasteiger partial charge is 0.0648 e. The van der Waals surface area contributed by atoms with Gasteiger partial charge in [0.05, 0.1) is 10.7 Å². The number of benzene rings is 4. The van der Waals surface area contributed by atoms with Crippen molar-refractivity contribution in [3.05, 3.63) is 102 Å². The first-order valence-corrected chi connectivity index (χ1v) is 8.90. The van der Waals surface area contributed by atoms with E-state index in [2.05, 4.69) is 54.6 Å². The molecule has 4 rings (SSSR count). The van der Waals surface area contributed by atoms with E-state index in [-0.39, 0.29) is 0 Å². The average molecular weight is 356 g/mol. The minimum absolute atomic E-state index is 0.575. The topological polar surface area (TPSA) is 26.0 Å². The van der Waals surface area contributed by atoms with Crippen molar-refractivity contribution in [1.82, 2.24) is 0 Å². The molecule has 0 spiro atoms. The largest absolute Gasteiger partial charge is 0.397 e. The number of halogens is 1. The minimum Gasteiger partial charge on any atom is -0.397 e. The molecule has 2 N–H and O–H groups in total. The van der Waals surface area contributed by atoms with Crippen molar-refractivity contribution in [2.45, 2.75) is 0 Å². The molecule has 0 atom stereocenters. The Morgan fingerprint density at radius 2 is 1.04 bits per heavy atom. The first-order chi connectivity index (χ1) is 12.7. The van der Waals surface area contributed by atoms with E-state index >= 15 is 0 Å². The zero-order valence-corrected chi connectivity index (χ0v) is 14.9. The van der Waals surface area contributed by atoms with Gasteiger partial charge in [0.25, 0.3) is 0 Å². The standard InChI is InChI=1S/C24H18ClN/c25-23-16-21(18-10-5-2-6-11-18)15-22(24(23)26)20-13-7-12-19(14-20)17-8-3-1-4-9-17/h1-16H,26H2. The van der Waals surface area contributed by atoms with Crippen LogP contribution in [0.5, 0.6) is 0 Å². The molecule has 0 aliphatic rings. The summed E-state index contributed by atoms with van der Waals surface area (Å²) in [6.45, 7) is 0. The van der Waals surface area contributed by atoms with Gasteiger partial charge < -0.3 is 5.73 Å². The van der Waals surface area contributed by atoms with Gasteiger partial charge in [-0.25, -0.2) is 0 Å². The lowest BCUT2D eigenvalue weighted by Gasteiger charge is -2.13. The molecule has 4 aromatic carbocycles. The molecule has 0 heterocycles. The molecule has 26 heavy (non-hydrogen) atoms. The lowest BCUT2D eigenvalue weighted by Crippen LogP contribution is -1.93. The third-order valence-electron chi connectivity index (χ3n) is 4.52. The molecular formula is C24H18ClN. The number of nitrogen functional groups attached to an aromatic ring is 1. The molecule has 126 valence electrons. The van der Waals surface area contributed by atoms with Crippen LogP contribution in [-0.2, 0) is 0 Å². The highest BCUT2D eigenvalue weighted by Gasteiger charge is 2.11. The van der Waals surface area contributed by atoms with Crippen LogP contribution in [0.3, 0.4) is 0 Å². The van der Waals surface area contributed by atoms with Gasteiger partial charge in [-0.15, -0.1) is 0 Å². The summed E-state index contributed by atoms with van der Waals surface area (Å²) in [7, 11) is 0. The third kappa shape index (κ3) is 3.22. The highest BCUT2D eigenvalue weighted by Crippen LogP contribution is 2.37. The van der Waals surface area contributed by atoms with E-state index in [0.29, 0.717) is 10.7 Å². The summed E-state index contributed by atoms with van der Waals surface area (Å²) in [6, 6.07) is 33.0. The molecule has 0 saturated carbocycles. The zero-order valence-electron chi connectivity index (χ0n) is 14.2. The molecule has 0 radical (unpaired) electrons. The van der Waals surface area contributed by atoms with Gasteiger partial charge in [-0.05, 0) is 46.0 Å². The minimum atomic E-state index is 0.575. The molecule has 0 aromatic heterocycles. The first-order valence-electron chi connectivity index (χ1n) is 8.53. The molecule has 0 amide bonds. The van der Waals surface area contributed by atoms with E-state index in [0.717, 1.165) is 27.8 Å². The molecule has 0 fully saturated rings. The van der Waals surface area contributed by atoms with Crippen LogP contribution in [0.15, 0.2) is 97.1 Å². The van der Waals surface area contributed by atoms with Gasteiger partial charge in [-0.2, -0.15) is 0 Å². The van der Waals surface area contributed by atoms with Gasteiger partial charge in [0.1, 0.15) is 0 Å². The van der Waals surface area contributed by atoms with Crippen LogP contribution < -0.4 is 5.73 Å². The third-order valence-corrected chi connectivity index (χ3v) is 4.83. The number of rotatable bonds is 3.